The zero-order chi connectivity index (χ0) is 17.5. The Morgan fingerprint density at radius 3 is 2.83 bits per heavy atom. The quantitative estimate of drug-likeness (QED) is 0.731. The molecule has 2 amide bonds. The summed E-state index contributed by atoms with van der Waals surface area (Å²) < 4.78 is 5.04. The molecule has 2 rings (SSSR count). The molecule has 6 nitrogen and oxygen atoms in total. The summed E-state index contributed by atoms with van der Waals surface area (Å²) in [4.78, 5) is 36.9. The topological polar surface area (TPSA) is 84.5 Å². The monoisotopic (exact) mass is 352 g/mol. The number of rotatable bonds is 7. The molecule has 1 aliphatic rings. The fourth-order valence-electron chi connectivity index (χ4n) is 2.57. The first kappa shape index (κ1) is 18.4. The van der Waals surface area contributed by atoms with E-state index >= 15 is 0 Å². The van der Waals surface area contributed by atoms with Gasteiger partial charge in [0.25, 0.3) is 5.91 Å². The van der Waals surface area contributed by atoms with Crippen molar-refractivity contribution in [3.05, 3.63) is 21.4 Å². The van der Waals surface area contributed by atoms with Crippen molar-refractivity contribution in [2.45, 2.75) is 39.5 Å². The van der Waals surface area contributed by atoms with Crippen LogP contribution in [0.1, 0.15) is 46.8 Å². The predicted molar refractivity (Wildman–Crippen MR) is 92.1 cm³/mol. The van der Waals surface area contributed by atoms with Crippen molar-refractivity contribution in [3.63, 3.8) is 0 Å². The van der Waals surface area contributed by atoms with Crippen LogP contribution in [0, 0.1) is 5.92 Å². The molecular formula is C17H24N2O4S. The summed E-state index contributed by atoms with van der Waals surface area (Å²) >= 11 is 1.45. The molecule has 0 saturated carbocycles. The molecule has 0 radical (unpaired) electrons. The zero-order valence-corrected chi connectivity index (χ0v) is 15.0. The Kier molecular flexibility index (Phi) is 6.78. The maximum absolute atomic E-state index is 12.1. The number of hydrogen-bond acceptors (Lipinski definition) is 5. The van der Waals surface area contributed by atoms with Gasteiger partial charge in [-0.3, -0.25) is 9.59 Å². The predicted octanol–water partition coefficient (Wildman–Crippen LogP) is 1.67. The van der Waals surface area contributed by atoms with E-state index in [1.54, 1.807) is 0 Å². The highest BCUT2D eigenvalue weighted by Crippen LogP contribution is 2.32. The second-order valence-electron chi connectivity index (χ2n) is 6.11. The SMILES string of the molecule is CCCNC(=O)CNC(=O)COC(=O)c1cc2c(s1)CC[C@H](C)C2. The van der Waals surface area contributed by atoms with Crippen LogP contribution in [0.15, 0.2) is 6.07 Å². The molecule has 0 unspecified atom stereocenters. The van der Waals surface area contributed by atoms with Gasteiger partial charge in [-0.15, -0.1) is 11.3 Å². The van der Waals surface area contributed by atoms with E-state index in [-0.39, 0.29) is 19.1 Å². The van der Waals surface area contributed by atoms with Gasteiger partial charge in [0.05, 0.1) is 6.54 Å². The van der Waals surface area contributed by atoms with Gasteiger partial charge in [-0.25, -0.2) is 4.79 Å². The number of carbonyl (C=O) groups is 3. The van der Waals surface area contributed by atoms with E-state index in [0.717, 1.165) is 25.7 Å². The van der Waals surface area contributed by atoms with E-state index in [9.17, 15) is 14.4 Å². The van der Waals surface area contributed by atoms with Crippen molar-refractivity contribution in [2.24, 2.45) is 5.92 Å². The van der Waals surface area contributed by atoms with Crippen LogP contribution in [0.2, 0.25) is 0 Å². The molecule has 24 heavy (non-hydrogen) atoms. The lowest BCUT2D eigenvalue weighted by Crippen LogP contribution is -2.38. The highest BCUT2D eigenvalue weighted by atomic mass is 32.1. The second kappa shape index (κ2) is 8.82. The van der Waals surface area contributed by atoms with Gasteiger partial charge in [0.15, 0.2) is 6.61 Å². The van der Waals surface area contributed by atoms with Crippen molar-refractivity contribution in [1.82, 2.24) is 10.6 Å². The normalized spacial score (nSPS) is 16.2. The van der Waals surface area contributed by atoms with Crippen LogP contribution in [0.25, 0.3) is 0 Å². The van der Waals surface area contributed by atoms with Crippen molar-refractivity contribution in [3.8, 4) is 0 Å². The molecule has 0 aromatic carbocycles. The molecule has 1 aliphatic carbocycles. The first-order valence-electron chi connectivity index (χ1n) is 8.31. The van der Waals surface area contributed by atoms with Crippen LogP contribution < -0.4 is 10.6 Å². The van der Waals surface area contributed by atoms with Gasteiger partial charge in [-0.1, -0.05) is 13.8 Å². The Morgan fingerprint density at radius 1 is 1.29 bits per heavy atom. The Balaban J connectivity index is 1.75. The van der Waals surface area contributed by atoms with Crippen LogP contribution in [-0.2, 0) is 27.2 Å². The third-order valence-corrected chi connectivity index (χ3v) is 5.10. The number of fused-ring (bicyclic) bond motifs is 1. The van der Waals surface area contributed by atoms with Crippen LogP contribution >= 0.6 is 11.3 Å². The minimum absolute atomic E-state index is 0.110. The standard InChI is InChI=1S/C17H24N2O4S/c1-3-6-18-15(20)9-19-16(21)10-23-17(22)14-8-12-7-11(2)4-5-13(12)24-14/h8,11H,3-7,9-10H2,1-2H3,(H,18,20)(H,19,21)/t11-/m0/s1. The Hall–Kier alpha value is -1.89. The Morgan fingerprint density at radius 2 is 2.08 bits per heavy atom. The van der Waals surface area contributed by atoms with Gasteiger partial charge >= 0.3 is 5.97 Å². The summed E-state index contributed by atoms with van der Waals surface area (Å²) in [6, 6.07) is 1.88. The van der Waals surface area contributed by atoms with E-state index in [0.29, 0.717) is 17.3 Å². The lowest BCUT2D eigenvalue weighted by Gasteiger charge is -2.16. The summed E-state index contributed by atoms with van der Waals surface area (Å²) in [5.74, 6) is -0.574. The maximum Gasteiger partial charge on any atom is 0.348 e. The smallest absolute Gasteiger partial charge is 0.348 e. The summed E-state index contributed by atoms with van der Waals surface area (Å²) in [5, 5.41) is 5.08. The molecule has 1 aromatic heterocycles. The summed E-state index contributed by atoms with van der Waals surface area (Å²) in [6.45, 7) is 4.24. The molecule has 1 atom stereocenters. The van der Waals surface area contributed by atoms with Crippen LogP contribution in [-0.4, -0.2) is 37.5 Å². The molecule has 1 heterocycles. The van der Waals surface area contributed by atoms with Crippen molar-refractivity contribution in [2.75, 3.05) is 19.7 Å². The van der Waals surface area contributed by atoms with Crippen LogP contribution in [0.3, 0.4) is 0 Å². The molecular weight excluding hydrogens is 328 g/mol. The third kappa shape index (κ3) is 5.33. The second-order valence-corrected chi connectivity index (χ2v) is 7.25. The summed E-state index contributed by atoms with van der Waals surface area (Å²) in [7, 11) is 0. The zero-order valence-electron chi connectivity index (χ0n) is 14.1. The van der Waals surface area contributed by atoms with E-state index in [1.807, 2.05) is 13.0 Å². The van der Waals surface area contributed by atoms with Crippen molar-refractivity contribution >= 4 is 29.1 Å². The van der Waals surface area contributed by atoms with E-state index in [4.69, 9.17) is 4.74 Å². The van der Waals surface area contributed by atoms with Crippen LogP contribution in [0.5, 0.6) is 0 Å². The van der Waals surface area contributed by atoms with Crippen molar-refractivity contribution in [1.29, 1.82) is 0 Å². The number of carbonyl (C=O) groups excluding carboxylic acids is 3. The van der Waals surface area contributed by atoms with E-state index in [1.165, 1.54) is 21.8 Å². The van der Waals surface area contributed by atoms with Gasteiger partial charge in [-0.2, -0.15) is 0 Å². The number of nitrogens with one attached hydrogen (secondary N) is 2. The molecule has 0 fully saturated rings. The molecule has 2 N–H and O–H groups in total. The number of ether oxygens (including phenoxy) is 1. The third-order valence-electron chi connectivity index (χ3n) is 3.88. The molecule has 1 aromatic rings. The number of hydrogen-bond donors (Lipinski definition) is 2. The average Bonchev–Trinajstić information content (AvgIpc) is 2.99. The fourth-order valence-corrected chi connectivity index (χ4v) is 3.67. The molecule has 0 saturated heterocycles. The number of aryl methyl sites for hydroxylation is 1. The van der Waals surface area contributed by atoms with Gasteiger partial charge in [-0.05, 0) is 43.2 Å². The molecule has 0 aliphatic heterocycles. The van der Waals surface area contributed by atoms with Gasteiger partial charge < -0.3 is 15.4 Å². The maximum atomic E-state index is 12.1. The van der Waals surface area contributed by atoms with Gasteiger partial charge in [0.2, 0.25) is 5.91 Å². The summed E-state index contributed by atoms with van der Waals surface area (Å²) in [5.41, 5.74) is 1.22. The molecule has 7 heteroatoms. The molecule has 0 spiro atoms. The number of amides is 2. The fraction of sp³-hybridized carbons (Fsp3) is 0.588. The number of thiophene rings is 1. The number of esters is 1. The largest absolute Gasteiger partial charge is 0.451 e. The minimum Gasteiger partial charge on any atom is -0.451 e. The average molecular weight is 352 g/mol. The van der Waals surface area contributed by atoms with Crippen molar-refractivity contribution < 1.29 is 19.1 Å². The minimum atomic E-state index is -0.482. The highest BCUT2D eigenvalue weighted by Gasteiger charge is 2.21. The van der Waals surface area contributed by atoms with Gasteiger partial charge in [0, 0.05) is 11.4 Å². The Bertz CT molecular complexity index is 612. The lowest BCUT2D eigenvalue weighted by atomic mass is 9.90. The Labute approximate surface area is 146 Å². The van der Waals surface area contributed by atoms with Gasteiger partial charge in [0.1, 0.15) is 4.88 Å². The first-order chi connectivity index (χ1) is 11.5. The van der Waals surface area contributed by atoms with E-state index in [2.05, 4.69) is 17.6 Å². The van der Waals surface area contributed by atoms with E-state index < -0.39 is 11.9 Å². The highest BCUT2D eigenvalue weighted by molar-refractivity contribution is 7.14. The first-order valence-corrected chi connectivity index (χ1v) is 9.13. The lowest BCUT2D eigenvalue weighted by molar-refractivity contribution is -0.127. The molecule has 132 valence electrons. The van der Waals surface area contributed by atoms with Crippen LogP contribution in [0.4, 0.5) is 0 Å². The molecule has 0 bridgehead atoms. The summed E-state index contributed by atoms with van der Waals surface area (Å²) in [6.07, 6.45) is 3.97.